The SMILES string of the molecule is CC(NCC1CCN(C)C1)c1ccc(O)cc1. The molecule has 0 aliphatic carbocycles. The summed E-state index contributed by atoms with van der Waals surface area (Å²) in [6.45, 7) is 5.67. The standard InChI is InChI=1S/C14H22N2O/c1-11(13-3-5-14(17)6-4-13)15-9-12-7-8-16(2)10-12/h3-6,11-12,15,17H,7-10H2,1-2H3. The van der Waals surface area contributed by atoms with Crippen molar-refractivity contribution in [2.75, 3.05) is 26.7 Å². The van der Waals surface area contributed by atoms with Crippen LogP contribution in [0.2, 0.25) is 0 Å². The van der Waals surface area contributed by atoms with Crippen molar-refractivity contribution in [3.63, 3.8) is 0 Å². The Hall–Kier alpha value is -1.06. The van der Waals surface area contributed by atoms with Gasteiger partial charge in [0.2, 0.25) is 0 Å². The molecule has 17 heavy (non-hydrogen) atoms. The topological polar surface area (TPSA) is 35.5 Å². The number of phenols is 1. The van der Waals surface area contributed by atoms with E-state index in [4.69, 9.17) is 0 Å². The molecule has 0 amide bonds. The normalized spacial score (nSPS) is 22.8. The molecule has 1 aromatic rings. The van der Waals surface area contributed by atoms with Crippen LogP contribution in [-0.2, 0) is 0 Å². The van der Waals surface area contributed by atoms with Gasteiger partial charge in [0.1, 0.15) is 5.75 Å². The van der Waals surface area contributed by atoms with Crippen LogP contribution in [0, 0.1) is 5.92 Å². The van der Waals surface area contributed by atoms with E-state index in [0.717, 1.165) is 12.5 Å². The van der Waals surface area contributed by atoms with Crippen molar-refractivity contribution in [3.8, 4) is 5.75 Å². The number of phenolic OH excluding ortho intramolecular Hbond substituents is 1. The summed E-state index contributed by atoms with van der Waals surface area (Å²) >= 11 is 0. The third kappa shape index (κ3) is 3.45. The maximum Gasteiger partial charge on any atom is 0.115 e. The van der Waals surface area contributed by atoms with E-state index in [0.29, 0.717) is 11.8 Å². The van der Waals surface area contributed by atoms with Gasteiger partial charge in [-0.3, -0.25) is 0 Å². The van der Waals surface area contributed by atoms with Crippen LogP contribution in [0.5, 0.6) is 5.75 Å². The monoisotopic (exact) mass is 234 g/mol. The molecule has 1 aromatic carbocycles. The van der Waals surface area contributed by atoms with E-state index >= 15 is 0 Å². The average molecular weight is 234 g/mol. The van der Waals surface area contributed by atoms with Crippen molar-refractivity contribution < 1.29 is 5.11 Å². The minimum atomic E-state index is 0.332. The van der Waals surface area contributed by atoms with Crippen molar-refractivity contribution in [3.05, 3.63) is 29.8 Å². The van der Waals surface area contributed by atoms with Crippen LogP contribution < -0.4 is 5.32 Å². The van der Waals surface area contributed by atoms with E-state index in [-0.39, 0.29) is 0 Å². The Labute approximate surface area is 103 Å². The lowest BCUT2D eigenvalue weighted by molar-refractivity contribution is 0.382. The number of nitrogens with zero attached hydrogens (tertiary/aromatic N) is 1. The number of likely N-dealkylation sites (tertiary alicyclic amines) is 1. The predicted molar refractivity (Wildman–Crippen MR) is 70.1 cm³/mol. The lowest BCUT2D eigenvalue weighted by atomic mass is 10.1. The van der Waals surface area contributed by atoms with Gasteiger partial charge in [0.25, 0.3) is 0 Å². The zero-order valence-corrected chi connectivity index (χ0v) is 10.7. The van der Waals surface area contributed by atoms with Gasteiger partial charge in [0.15, 0.2) is 0 Å². The minimum Gasteiger partial charge on any atom is -0.508 e. The molecule has 0 saturated carbocycles. The van der Waals surface area contributed by atoms with E-state index in [1.54, 1.807) is 12.1 Å². The molecule has 1 fully saturated rings. The lowest BCUT2D eigenvalue weighted by Crippen LogP contribution is -2.27. The summed E-state index contributed by atoms with van der Waals surface area (Å²) in [7, 11) is 2.18. The first-order chi connectivity index (χ1) is 8.15. The number of benzene rings is 1. The summed E-state index contributed by atoms with van der Waals surface area (Å²) in [6.07, 6.45) is 1.30. The molecule has 2 rings (SSSR count). The molecule has 1 aliphatic rings. The lowest BCUT2D eigenvalue weighted by Gasteiger charge is -2.17. The third-order valence-corrected chi connectivity index (χ3v) is 3.59. The molecule has 0 aromatic heterocycles. The second-order valence-electron chi connectivity index (χ2n) is 5.14. The second kappa shape index (κ2) is 5.52. The summed E-state index contributed by atoms with van der Waals surface area (Å²) in [6, 6.07) is 7.80. The van der Waals surface area contributed by atoms with E-state index in [2.05, 4.69) is 24.2 Å². The van der Waals surface area contributed by atoms with Gasteiger partial charge in [-0.15, -0.1) is 0 Å². The Bertz CT molecular complexity index is 350. The van der Waals surface area contributed by atoms with Gasteiger partial charge >= 0.3 is 0 Å². The van der Waals surface area contributed by atoms with Crippen molar-refractivity contribution in [2.24, 2.45) is 5.92 Å². The van der Waals surface area contributed by atoms with Gasteiger partial charge < -0.3 is 15.3 Å². The van der Waals surface area contributed by atoms with Gasteiger partial charge in [-0.1, -0.05) is 12.1 Å². The first kappa shape index (κ1) is 12.4. The molecule has 1 aliphatic heterocycles. The second-order valence-corrected chi connectivity index (χ2v) is 5.14. The van der Waals surface area contributed by atoms with Gasteiger partial charge in [-0.25, -0.2) is 0 Å². The summed E-state index contributed by atoms with van der Waals surface area (Å²) in [4.78, 5) is 2.39. The third-order valence-electron chi connectivity index (χ3n) is 3.59. The van der Waals surface area contributed by atoms with Crippen molar-refractivity contribution in [1.29, 1.82) is 0 Å². The molecular formula is C14H22N2O. The van der Waals surface area contributed by atoms with E-state index in [1.165, 1.54) is 25.1 Å². The maximum absolute atomic E-state index is 9.24. The molecular weight excluding hydrogens is 212 g/mol. The number of nitrogens with one attached hydrogen (secondary N) is 1. The molecule has 2 unspecified atom stereocenters. The van der Waals surface area contributed by atoms with Crippen LogP contribution in [0.25, 0.3) is 0 Å². The molecule has 2 atom stereocenters. The fraction of sp³-hybridized carbons (Fsp3) is 0.571. The molecule has 0 radical (unpaired) electrons. The fourth-order valence-corrected chi connectivity index (χ4v) is 2.42. The number of rotatable bonds is 4. The zero-order valence-electron chi connectivity index (χ0n) is 10.7. The molecule has 3 nitrogen and oxygen atoms in total. The molecule has 3 heteroatoms. The largest absolute Gasteiger partial charge is 0.508 e. The van der Waals surface area contributed by atoms with Gasteiger partial charge in [-0.2, -0.15) is 0 Å². The minimum absolute atomic E-state index is 0.332. The van der Waals surface area contributed by atoms with E-state index in [9.17, 15) is 5.11 Å². The highest BCUT2D eigenvalue weighted by molar-refractivity contribution is 5.27. The predicted octanol–water partition coefficient (Wildman–Crippen LogP) is 1.99. The van der Waals surface area contributed by atoms with Crippen molar-refractivity contribution >= 4 is 0 Å². The van der Waals surface area contributed by atoms with Gasteiger partial charge in [-0.05, 0) is 57.1 Å². The Balaban J connectivity index is 1.81. The summed E-state index contributed by atoms with van der Waals surface area (Å²) in [5.74, 6) is 1.11. The Morgan fingerprint density at radius 1 is 1.41 bits per heavy atom. The van der Waals surface area contributed by atoms with E-state index in [1.807, 2.05) is 12.1 Å². The molecule has 1 saturated heterocycles. The first-order valence-electron chi connectivity index (χ1n) is 6.36. The Morgan fingerprint density at radius 3 is 2.71 bits per heavy atom. The smallest absolute Gasteiger partial charge is 0.115 e. The quantitative estimate of drug-likeness (QED) is 0.836. The average Bonchev–Trinajstić information content (AvgIpc) is 2.73. The molecule has 94 valence electrons. The van der Waals surface area contributed by atoms with Crippen molar-refractivity contribution in [1.82, 2.24) is 10.2 Å². The Morgan fingerprint density at radius 2 is 2.12 bits per heavy atom. The van der Waals surface area contributed by atoms with Crippen LogP contribution in [0.4, 0.5) is 0 Å². The number of hydrogen-bond acceptors (Lipinski definition) is 3. The summed E-state index contributed by atoms with van der Waals surface area (Å²) < 4.78 is 0. The summed E-state index contributed by atoms with van der Waals surface area (Å²) in [5, 5.41) is 12.8. The first-order valence-corrected chi connectivity index (χ1v) is 6.36. The van der Waals surface area contributed by atoms with Crippen LogP contribution in [0.3, 0.4) is 0 Å². The molecule has 0 spiro atoms. The highest BCUT2D eigenvalue weighted by Gasteiger charge is 2.19. The number of aromatic hydroxyl groups is 1. The molecule has 0 bridgehead atoms. The Kier molecular flexibility index (Phi) is 4.02. The van der Waals surface area contributed by atoms with Gasteiger partial charge in [0, 0.05) is 12.6 Å². The zero-order chi connectivity index (χ0) is 12.3. The number of hydrogen-bond donors (Lipinski definition) is 2. The van der Waals surface area contributed by atoms with Gasteiger partial charge in [0.05, 0.1) is 0 Å². The highest BCUT2D eigenvalue weighted by Crippen LogP contribution is 2.18. The maximum atomic E-state index is 9.24. The van der Waals surface area contributed by atoms with Crippen LogP contribution in [-0.4, -0.2) is 36.7 Å². The van der Waals surface area contributed by atoms with Crippen molar-refractivity contribution in [2.45, 2.75) is 19.4 Å². The van der Waals surface area contributed by atoms with E-state index < -0.39 is 0 Å². The van der Waals surface area contributed by atoms with Crippen LogP contribution in [0.15, 0.2) is 24.3 Å². The summed E-state index contributed by atoms with van der Waals surface area (Å²) in [5.41, 5.74) is 1.23. The van der Waals surface area contributed by atoms with Crippen LogP contribution in [0.1, 0.15) is 24.9 Å². The van der Waals surface area contributed by atoms with Crippen LogP contribution >= 0.6 is 0 Å². The fourth-order valence-electron chi connectivity index (χ4n) is 2.42. The molecule has 2 N–H and O–H groups in total. The molecule has 1 heterocycles. The highest BCUT2D eigenvalue weighted by atomic mass is 16.3.